The summed E-state index contributed by atoms with van der Waals surface area (Å²) >= 11 is 0. The minimum absolute atomic E-state index is 0.152. The van der Waals surface area contributed by atoms with Crippen LogP contribution in [0.5, 0.6) is 0 Å². The fourth-order valence-electron chi connectivity index (χ4n) is 2.86. The molecule has 1 aliphatic heterocycles. The molecular formula is C15H13N3O4. The Morgan fingerprint density at radius 1 is 1.14 bits per heavy atom. The zero-order chi connectivity index (χ0) is 16.2. The molecule has 0 radical (unpaired) electrons. The van der Waals surface area contributed by atoms with Gasteiger partial charge in [0, 0.05) is 43.5 Å². The molecule has 0 N–H and O–H groups in total. The van der Waals surface area contributed by atoms with Crippen LogP contribution in [-0.4, -0.2) is 42.8 Å². The van der Waals surface area contributed by atoms with Crippen molar-refractivity contribution in [1.82, 2.24) is 4.90 Å². The lowest BCUT2D eigenvalue weighted by Gasteiger charge is -2.25. The predicted octanol–water partition coefficient (Wildman–Crippen LogP) is 2.04. The molecule has 0 saturated heterocycles. The second-order valence-electron chi connectivity index (χ2n) is 5.34. The summed E-state index contributed by atoms with van der Waals surface area (Å²) in [6.07, 6.45) is 0. The molecule has 7 heteroatoms. The van der Waals surface area contributed by atoms with Crippen LogP contribution in [0.2, 0.25) is 0 Å². The van der Waals surface area contributed by atoms with Gasteiger partial charge in [0.15, 0.2) is 0 Å². The Labute approximate surface area is 125 Å². The average molecular weight is 299 g/mol. The molecule has 112 valence electrons. The molecule has 2 aromatic rings. The van der Waals surface area contributed by atoms with E-state index < -0.39 is 16.7 Å². The Kier molecular flexibility index (Phi) is 2.88. The standard InChI is InChI=1S/C15H13N3O4/c1-16(2)13-8-5-4-6-9-12(8)10(7-11(13)18(21)22)15(20)17(3)14(9)19/h4-7H,1-3H3. The minimum Gasteiger partial charge on any atom is -0.372 e. The van der Waals surface area contributed by atoms with Crippen LogP contribution >= 0.6 is 0 Å². The van der Waals surface area contributed by atoms with E-state index in [0.717, 1.165) is 4.90 Å². The summed E-state index contributed by atoms with van der Waals surface area (Å²) in [5, 5.41) is 12.4. The topological polar surface area (TPSA) is 83.8 Å². The van der Waals surface area contributed by atoms with Crippen molar-refractivity contribution in [3.8, 4) is 0 Å². The molecule has 22 heavy (non-hydrogen) atoms. The molecule has 0 aromatic heterocycles. The number of rotatable bonds is 2. The van der Waals surface area contributed by atoms with E-state index in [0.29, 0.717) is 22.0 Å². The molecule has 0 atom stereocenters. The van der Waals surface area contributed by atoms with Crippen molar-refractivity contribution in [3.05, 3.63) is 45.5 Å². The molecule has 7 nitrogen and oxygen atoms in total. The predicted molar refractivity (Wildman–Crippen MR) is 81.4 cm³/mol. The highest BCUT2D eigenvalue weighted by Gasteiger charge is 2.34. The van der Waals surface area contributed by atoms with Gasteiger partial charge in [0.25, 0.3) is 17.5 Å². The summed E-state index contributed by atoms with van der Waals surface area (Å²) in [5.74, 6) is -0.927. The smallest absolute Gasteiger partial charge is 0.293 e. The fraction of sp³-hybridized carbons (Fsp3) is 0.200. The van der Waals surface area contributed by atoms with Crippen LogP contribution in [0, 0.1) is 10.1 Å². The summed E-state index contributed by atoms with van der Waals surface area (Å²) in [5.41, 5.74) is 0.800. The second-order valence-corrected chi connectivity index (χ2v) is 5.34. The number of hydrogen-bond acceptors (Lipinski definition) is 5. The zero-order valence-corrected chi connectivity index (χ0v) is 12.3. The number of carbonyl (C=O) groups excluding carboxylic acids is 2. The number of nitro groups is 1. The lowest BCUT2D eigenvalue weighted by Crippen LogP contribution is -2.37. The van der Waals surface area contributed by atoms with Crippen molar-refractivity contribution in [1.29, 1.82) is 0 Å². The molecule has 0 bridgehead atoms. The molecule has 0 unspecified atom stereocenters. The average Bonchev–Trinajstić information content (AvgIpc) is 2.48. The van der Waals surface area contributed by atoms with Crippen LogP contribution in [0.4, 0.5) is 11.4 Å². The van der Waals surface area contributed by atoms with Crippen molar-refractivity contribution >= 4 is 34.0 Å². The van der Waals surface area contributed by atoms with E-state index in [4.69, 9.17) is 0 Å². The van der Waals surface area contributed by atoms with E-state index in [-0.39, 0.29) is 11.3 Å². The SMILES string of the molecule is CN1C(=O)c2cccc3c(N(C)C)c([N+](=O)[O-])cc(c23)C1=O. The first-order valence-corrected chi connectivity index (χ1v) is 6.58. The maximum atomic E-state index is 12.3. The third kappa shape index (κ3) is 1.68. The largest absolute Gasteiger partial charge is 0.372 e. The van der Waals surface area contributed by atoms with Crippen LogP contribution in [0.15, 0.2) is 24.3 Å². The third-order valence-electron chi connectivity index (χ3n) is 3.83. The number of benzene rings is 2. The van der Waals surface area contributed by atoms with Gasteiger partial charge in [0.1, 0.15) is 5.69 Å². The number of imide groups is 1. The van der Waals surface area contributed by atoms with Gasteiger partial charge in [-0.15, -0.1) is 0 Å². The van der Waals surface area contributed by atoms with Crippen molar-refractivity contribution in [2.45, 2.75) is 0 Å². The van der Waals surface area contributed by atoms with Crippen LogP contribution in [0.1, 0.15) is 20.7 Å². The Morgan fingerprint density at radius 2 is 1.77 bits per heavy atom. The number of nitrogens with zero attached hydrogens (tertiary/aromatic N) is 3. The van der Waals surface area contributed by atoms with Gasteiger partial charge in [0.2, 0.25) is 0 Å². The van der Waals surface area contributed by atoms with E-state index >= 15 is 0 Å². The van der Waals surface area contributed by atoms with E-state index in [1.54, 1.807) is 37.2 Å². The van der Waals surface area contributed by atoms with Gasteiger partial charge in [-0.3, -0.25) is 24.6 Å². The molecule has 0 spiro atoms. The van der Waals surface area contributed by atoms with Crippen LogP contribution in [-0.2, 0) is 0 Å². The van der Waals surface area contributed by atoms with E-state index in [1.165, 1.54) is 13.1 Å². The van der Waals surface area contributed by atoms with Crippen LogP contribution < -0.4 is 4.90 Å². The van der Waals surface area contributed by atoms with Gasteiger partial charge < -0.3 is 4.90 Å². The van der Waals surface area contributed by atoms with Gasteiger partial charge in [-0.25, -0.2) is 0 Å². The van der Waals surface area contributed by atoms with Gasteiger partial charge in [-0.2, -0.15) is 0 Å². The monoisotopic (exact) mass is 299 g/mol. The summed E-state index contributed by atoms with van der Waals surface area (Å²) in [6.45, 7) is 0. The summed E-state index contributed by atoms with van der Waals surface area (Å²) in [4.78, 5) is 38.1. The third-order valence-corrected chi connectivity index (χ3v) is 3.83. The van der Waals surface area contributed by atoms with Gasteiger partial charge >= 0.3 is 0 Å². The summed E-state index contributed by atoms with van der Waals surface area (Å²) < 4.78 is 0. The molecule has 1 aliphatic rings. The van der Waals surface area contributed by atoms with Gasteiger partial charge in [0.05, 0.1) is 10.5 Å². The molecule has 0 fully saturated rings. The van der Waals surface area contributed by atoms with E-state index in [1.807, 2.05) is 0 Å². The number of anilines is 1. The van der Waals surface area contributed by atoms with Crippen LogP contribution in [0.3, 0.4) is 0 Å². The van der Waals surface area contributed by atoms with E-state index in [9.17, 15) is 19.7 Å². The fourth-order valence-corrected chi connectivity index (χ4v) is 2.86. The Hall–Kier alpha value is -2.96. The maximum Gasteiger partial charge on any atom is 0.293 e. The zero-order valence-electron chi connectivity index (χ0n) is 12.3. The summed E-state index contributed by atoms with van der Waals surface area (Å²) in [7, 11) is 4.75. The van der Waals surface area contributed by atoms with Gasteiger partial charge in [-0.1, -0.05) is 12.1 Å². The first kappa shape index (κ1) is 14.0. The summed E-state index contributed by atoms with van der Waals surface area (Å²) in [6, 6.07) is 6.24. The number of amides is 2. The maximum absolute atomic E-state index is 12.3. The lowest BCUT2D eigenvalue weighted by molar-refractivity contribution is -0.384. The molecular weight excluding hydrogens is 286 g/mol. The van der Waals surface area contributed by atoms with Gasteiger partial charge in [-0.05, 0) is 6.07 Å². The Balaban J connectivity index is 2.55. The van der Waals surface area contributed by atoms with Crippen molar-refractivity contribution < 1.29 is 14.5 Å². The van der Waals surface area contributed by atoms with Crippen molar-refractivity contribution in [2.75, 3.05) is 26.0 Å². The molecule has 0 aliphatic carbocycles. The minimum atomic E-state index is -0.526. The Bertz CT molecular complexity index is 857. The molecule has 2 aromatic carbocycles. The molecule has 2 amide bonds. The molecule has 0 saturated carbocycles. The van der Waals surface area contributed by atoms with Crippen LogP contribution in [0.25, 0.3) is 10.8 Å². The molecule has 1 heterocycles. The second kappa shape index (κ2) is 4.52. The normalized spacial score (nSPS) is 13.7. The first-order chi connectivity index (χ1) is 10.3. The van der Waals surface area contributed by atoms with E-state index in [2.05, 4.69) is 0 Å². The van der Waals surface area contributed by atoms with Crippen molar-refractivity contribution in [3.63, 3.8) is 0 Å². The lowest BCUT2D eigenvalue weighted by atomic mass is 9.92. The molecule has 3 rings (SSSR count). The highest BCUT2D eigenvalue weighted by atomic mass is 16.6. The number of hydrogen-bond donors (Lipinski definition) is 0. The van der Waals surface area contributed by atoms with Crippen molar-refractivity contribution in [2.24, 2.45) is 0 Å². The highest BCUT2D eigenvalue weighted by Crippen LogP contribution is 2.41. The number of nitro benzene ring substituents is 1. The quantitative estimate of drug-likeness (QED) is 0.481. The Morgan fingerprint density at radius 3 is 2.36 bits per heavy atom. The number of carbonyl (C=O) groups is 2. The first-order valence-electron chi connectivity index (χ1n) is 6.58. The highest BCUT2D eigenvalue weighted by molar-refractivity contribution is 6.27.